The largest absolute Gasteiger partial charge is 0.468 e. The lowest BCUT2D eigenvalue weighted by Crippen LogP contribution is -2.42. The second-order valence-electron chi connectivity index (χ2n) is 7.24. The molecule has 0 radical (unpaired) electrons. The molecular weight excluding hydrogens is 493 g/mol. The molecule has 2 aromatic carbocycles. The Bertz CT molecular complexity index is 1390. The van der Waals surface area contributed by atoms with E-state index in [-0.39, 0.29) is 21.3 Å². The summed E-state index contributed by atoms with van der Waals surface area (Å²) in [6, 6.07) is 9.94. The number of nitrogens with one attached hydrogen (secondary N) is 1. The van der Waals surface area contributed by atoms with Gasteiger partial charge in [-0.05, 0) is 30.3 Å². The standard InChI is InChI=1S/C21H17F3N4O4S2/c1-32-20(29)15-11-17(28(27-15)16-9-4-3-8-14(16)21(22,23)24)19-26-25-18(33-19)12-6-5-7-13(10-12)34(2,30)31/h3-11,15,27H,1-2H3. The summed E-state index contributed by atoms with van der Waals surface area (Å²) in [6.07, 6.45) is -2.17. The van der Waals surface area contributed by atoms with Gasteiger partial charge in [-0.15, -0.1) is 10.2 Å². The first-order valence-corrected chi connectivity index (χ1v) is 12.4. The van der Waals surface area contributed by atoms with Crippen molar-refractivity contribution in [3.63, 3.8) is 0 Å². The van der Waals surface area contributed by atoms with E-state index >= 15 is 0 Å². The molecule has 4 rings (SSSR count). The molecule has 0 bridgehead atoms. The number of methoxy groups -OCH3 is 1. The monoisotopic (exact) mass is 510 g/mol. The Kier molecular flexibility index (Phi) is 6.18. The van der Waals surface area contributed by atoms with E-state index in [1.165, 1.54) is 43.5 Å². The molecular formula is C21H17F3N4O4S2. The molecule has 34 heavy (non-hydrogen) atoms. The van der Waals surface area contributed by atoms with E-state index in [0.29, 0.717) is 10.6 Å². The molecule has 0 spiro atoms. The maximum Gasteiger partial charge on any atom is 0.418 e. The van der Waals surface area contributed by atoms with Crippen LogP contribution in [0.1, 0.15) is 10.6 Å². The van der Waals surface area contributed by atoms with Crippen molar-refractivity contribution in [3.8, 4) is 10.6 Å². The minimum Gasteiger partial charge on any atom is -0.468 e. The third-order valence-electron chi connectivity index (χ3n) is 4.89. The fraction of sp³-hybridized carbons (Fsp3) is 0.190. The predicted octanol–water partition coefficient (Wildman–Crippen LogP) is 3.53. The summed E-state index contributed by atoms with van der Waals surface area (Å²) in [7, 11) is -2.29. The Balaban J connectivity index is 1.78. The summed E-state index contributed by atoms with van der Waals surface area (Å²) >= 11 is 1.04. The van der Waals surface area contributed by atoms with E-state index in [1.807, 2.05) is 0 Å². The van der Waals surface area contributed by atoms with Crippen LogP contribution < -0.4 is 10.4 Å². The molecule has 0 saturated heterocycles. The van der Waals surface area contributed by atoms with Crippen molar-refractivity contribution in [1.29, 1.82) is 0 Å². The molecule has 3 aromatic rings. The SMILES string of the molecule is COC(=O)C1C=C(c2nnc(-c3cccc(S(C)(=O)=O)c3)s2)N(c2ccccc2C(F)(F)F)N1. The number of rotatable bonds is 5. The number of carbonyl (C=O) groups excluding carboxylic acids is 1. The molecule has 1 N–H and O–H groups in total. The summed E-state index contributed by atoms with van der Waals surface area (Å²) in [4.78, 5) is 12.2. The van der Waals surface area contributed by atoms with Crippen molar-refractivity contribution in [2.24, 2.45) is 0 Å². The summed E-state index contributed by atoms with van der Waals surface area (Å²) < 4.78 is 69.5. The van der Waals surface area contributed by atoms with Gasteiger partial charge in [0, 0.05) is 11.8 Å². The number of ether oxygens (including phenoxy) is 1. The zero-order valence-corrected chi connectivity index (χ0v) is 19.3. The number of halogens is 3. The molecule has 1 aliphatic heterocycles. The van der Waals surface area contributed by atoms with Crippen LogP contribution in [0.5, 0.6) is 0 Å². The Morgan fingerprint density at radius 2 is 1.82 bits per heavy atom. The van der Waals surface area contributed by atoms with Crippen LogP contribution in [-0.4, -0.2) is 44.0 Å². The minimum atomic E-state index is -4.65. The van der Waals surface area contributed by atoms with E-state index in [9.17, 15) is 26.4 Å². The predicted molar refractivity (Wildman–Crippen MR) is 119 cm³/mol. The molecule has 178 valence electrons. The minimum absolute atomic E-state index is 0.0926. The second-order valence-corrected chi connectivity index (χ2v) is 10.2. The third kappa shape index (κ3) is 4.67. The van der Waals surface area contributed by atoms with Crippen LogP contribution in [-0.2, 0) is 25.5 Å². The number of para-hydroxylation sites is 1. The van der Waals surface area contributed by atoms with Gasteiger partial charge in [-0.2, -0.15) is 13.2 Å². The van der Waals surface area contributed by atoms with Gasteiger partial charge in [0.25, 0.3) is 0 Å². The number of esters is 1. The quantitative estimate of drug-likeness (QED) is 0.521. The van der Waals surface area contributed by atoms with E-state index in [4.69, 9.17) is 4.74 Å². The highest BCUT2D eigenvalue weighted by Gasteiger charge is 2.39. The molecule has 13 heteroatoms. The molecule has 8 nitrogen and oxygen atoms in total. The van der Waals surface area contributed by atoms with Gasteiger partial charge in [0.2, 0.25) is 0 Å². The van der Waals surface area contributed by atoms with Gasteiger partial charge >= 0.3 is 12.1 Å². The van der Waals surface area contributed by atoms with Crippen molar-refractivity contribution in [3.05, 3.63) is 65.2 Å². The molecule has 2 heterocycles. The number of alkyl halides is 3. The summed E-state index contributed by atoms with van der Waals surface area (Å²) in [5.41, 5.74) is 2.23. The van der Waals surface area contributed by atoms with Gasteiger partial charge < -0.3 is 4.74 Å². The van der Waals surface area contributed by atoms with Gasteiger partial charge in [-0.1, -0.05) is 35.6 Å². The lowest BCUT2D eigenvalue weighted by atomic mass is 10.1. The van der Waals surface area contributed by atoms with Crippen LogP contribution in [0.3, 0.4) is 0 Å². The lowest BCUT2D eigenvalue weighted by Gasteiger charge is -2.25. The number of hydrogen-bond acceptors (Lipinski definition) is 9. The van der Waals surface area contributed by atoms with Gasteiger partial charge in [-0.3, -0.25) is 5.01 Å². The Morgan fingerprint density at radius 1 is 1.12 bits per heavy atom. The molecule has 0 saturated carbocycles. The van der Waals surface area contributed by atoms with E-state index in [2.05, 4.69) is 15.6 Å². The number of hydrazine groups is 1. The van der Waals surface area contributed by atoms with Gasteiger partial charge in [-0.25, -0.2) is 18.6 Å². The first-order chi connectivity index (χ1) is 16.0. The highest BCUT2D eigenvalue weighted by atomic mass is 32.2. The molecule has 1 unspecified atom stereocenters. The summed E-state index contributed by atoms with van der Waals surface area (Å²) in [5.74, 6) is -0.699. The molecule has 0 aliphatic carbocycles. The molecule has 1 atom stereocenters. The molecule has 1 aromatic heterocycles. The Morgan fingerprint density at radius 3 is 2.50 bits per heavy atom. The smallest absolute Gasteiger partial charge is 0.418 e. The van der Waals surface area contributed by atoms with E-state index in [0.717, 1.165) is 28.7 Å². The van der Waals surface area contributed by atoms with Crippen LogP contribution in [0.2, 0.25) is 0 Å². The highest BCUT2D eigenvalue weighted by Crippen LogP contribution is 2.41. The maximum absolute atomic E-state index is 13.7. The number of sulfone groups is 1. The Hall–Kier alpha value is -3.29. The summed E-state index contributed by atoms with van der Waals surface area (Å²) in [5, 5.41) is 9.87. The molecule has 0 fully saturated rings. The zero-order valence-electron chi connectivity index (χ0n) is 17.7. The number of benzene rings is 2. The number of nitrogens with zero attached hydrogens (tertiary/aromatic N) is 3. The maximum atomic E-state index is 13.7. The van der Waals surface area contributed by atoms with Crippen molar-refractivity contribution in [2.45, 2.75) is 17.1 Å². The van der Waals surface area contributed by atoms with Crippen LogP contribution in [0.4, 0.5) is 18.9 Å². The van der Waals surface area contributed by atoms with Crippen molar-refractivity contribution >= 4 is 38.5 Å². The van der Waals surface area contributed by atoms with Crippen LogP contribution in [0, 0.1) is 0 Å². The van der Waals surface area contributed by atoms with Gasteiger partial charge in [0.05, 0.1) is 29.0 Å². The third-order valence-corrected chi connectivity index (χ3v) is 7.00. The average Bonchev–Trinajstić information content (AvgIpc) is 3.45. The Labute approximate surface area is 196 Å². The highest BCUT2D eigenvalue weighted by molar-refractivity contribution is 7.90. The molecule has 0 amide bonds. The second kappa shape index (κ2) is 8.81. The van der Waals surface area contributed by atoms with Crippen LogP contribution >= 0.6 is 11.3 Å². The van der Waals surface area contributed by atoms with E-state index < -0.39 is 33.6 Å². The normalized spacial score (nSPS) is 16.4. The fourth-order valence-corrected chi connectivity index (χ4v) is 4.83. The van der Waals surface area contributed by atoms with Crippen molar-refractivity contribution in [1.82, 2.24) is 15.6 Å². The topological polar surface area (TPSA) is 101 Å². The van der Waals surface area contributed by atoms with Crippen molar-refractivity contribution < 1.29 is 31.1 Å². The number of anilines is 1. The zero-order chi connectivity index (χ0) is 24.7. The van der Waals surface area contributed by atoms with Gasteiger partial charge in [0.1, 0.15) is 11.0 Å². The lowest BCUT2D eigenvalue weighted by molar-refractivity contribution is -0.141. The average molecular weight is 511 g/mol. The summed E-state index contributed by atoms with van der Waals surface area (Å²) in [6.45, 7) is 0. The van der Waals surface area contributed by atoms with E-state index in [1.54, 1.807) is 12.1 Å². The number of carbonyl (C=O) groups is 1. The van der Waals surface area contributed by atoms with Crippen molar-refractivity contribution in [2.75, 3.05) is 18.4 Å². The molecule has 1 aliphatic rings. The number of aromatic nitrogens is 2. The number of hydrogen-bond donors (Lipinski definition) is 1. The van der Waals surface area contributed by atoms with Crippen LogP contribution in [0.15, 0.2) is 59.5 Å². The van der Waals surface area contributed by atoms with Gasteiger partial charge in [0.15, 0.2) is 14.8 Å². The van der Waals surface area contributed by atoms with Crippen LogP contribution in [0.25, 0.3) is 16.3 Å². The first-order valence-electron chi connectivity index (χ1n) is 9.65. The first kappa shape index (κ1) is 23.9. The fourth-order valence-electron chi connectivity index (χ4n) is 3.30.